The molecular weight excluding hydrogens is 258 g/mol. The van der Waals surface area contributed by atoms with Gasteiger partial charge in [-0.05, 0) is 46.5 Å². The van der Waals surface area contributed by atoms with E-state index in [9.17, 15) is 9.59 Å². The minimum Gasteiger partial charge on any atom is -0.444 e. The predicted octanol–water partition coefficient (Wildman–Crippen LogP) is 2.04. The van der Waals surface area contributed by atoms with E-state index in [1.165, 1.54) is 0 Å². The zero-order chi connectivity index (χ0) is 14.9. The molecule has 2 bridgehead atoms. The molecule has 1 fully saturated rings. The van der Waals surface area contributed by atoms with E-state index in [2.05, 4.69) is 0 Å². The number of Topliss-reactive ketones (excluding diaryl/α,β-unsaturated/α-hetero) is 1. The molecule has 1 N–H and O–H groups in total. The molecule has 2 atom stereocenters. The van der Waals surface area contributed by atoms with Crippen LogP contribution in [0.4, 0.5) is 4.79 Å². The fourth-order valence-electron chi connectivity index (χ4n) is 3.02. The molecule has 1 unspecified atom stereocenters. The van der Waals surface area contributed by atoms with Crippen molar-refractivity contribution < 1.29 is 19.4 Å². The lowest BCUT2D eigenvalue weighted by molar-refractivity contribution is -0.118. The van der Waals surface area contributed by atoms with E-state index in [1.54, 1.807) is 4.90 Å². The lowest BCUT2D eigenvalue weighted by Crippen LogP contribution is -2.45. The van der Waals surface area contributed by atoms with Crippen LogP contribution >= 0.6 is 0 Å². The number of hydrogen-bond acceptors (Lipinski definition) is 4. The van der Waals surface area contributed by atoms with Gasteiger partial charge in [0.1, 0.15) is 12.2 Å². The number of carbonyl (C=O) groups is 2. The van der Waals surface area contributed by atoms with Gasteiger partial charge in [-0.15, -0.1) is 0 Å². The summed E-state index contributed by atoms with van der Waals surface area (Å²) in [6.45, 7) is 5.00. The van der Waals surface area contributed by atoms with E-state index < -0.39 is 12.2 Å². The Morgan fingerprint density at radius 2 is 2.05 bits per heavy atom. The molecule has 20 heavy (non-hydrogen) atoms. The molecule has 2 heterocycles. The lowest BCUT2D eigenvalue weighted by atomic mass is 9.97. The average Bonchev–Trinajstić information content (AvgIpc) is 2.63. The number of fused-ring (bicyclic) bond motifs is 2. The van der Waals surface area contributed by atoms with Crippen LogP contribution in [0.2, 0.25) is 0 Å². The first-order valence-corrected chi connectivity index (χ1v) is 7.19. The first kappa shape index (κ1) is 15.0. The molecule has 2 rings (SSSR count). The van der Waals surface area contributed by atoms with Gasteiger partial charge in [0.05, 0.1) is 6.04 Å². The van der Waals surface area contributed by atoms with E-state index >= 15 is 0 Å². The van der Waals surface area contributed by atoms with Crippen molar-refractivity contribution >= 4 is 11.9 Å². The van der Waals surface area contributed by atoms with Crippen LogP contribution in [-0.2, 0) is 9.53 Å². The highest BCUT2D eigenvalue weighted by molar-refractivity contribution is 5.98. The second-order valence-corrected chi connectivity index (χ2v) is 6.45. The van der Waals surface area contributed by atoms with E-state index in [0.717, 1.165) is 25.7 Å². The summed E-state index contributed by atoms with van der Waals surface area (Å²) in [6.07, 6.45) is 4.78. The third-order valence-corrected chi connectivity index (χ3v) is 3.80. The molecule has 112 valence electrons. The predicted molar refractivity (Wildman–Crippen MR) is 74.3 cm³/mol. The van der Waals surface area contributed by atoms with Crippen LogP contribution in [-0.4, -0.2) is 46.2 Å². The number of hydrogen-bond donors (Lipinski definition) is 1. The van der Waals surface area contributed by atoms with Gasteiger partial charge < -0.3 is 9.84 Å². The van der Waals surface area contributed by atoms with Crippen LogP contribution in [0.15, 0.2) is 11.6 Å². The number of allylic oxidation sites excluding steroid dienone is 1. The van der Waals surface area contributed by atoms with Gasteiger partial charge in [0.2, 0.25) is 0 Å². The van der Waals surface area contributed by atoms with Gasteiger partial charge >= 0.3 is 6.09 Å². The number of aliphatic hydroxyl groups excluding tert-OH is 1. The fourth-order valence-corrected chi connectivity index (χ4v) is 3.02. The van der Waals surface area contributed by atoms with Crippen LogP contribution in [0, 0.1) is 0 Å². The molecule has 0 saturated carbocycles. The molecule has 1 saturated heterocycles. The lowest BCUT2D eigenvalue weighted by Gasteiger charge is -2.32. The summed E-state index contributed by atoms with van der Waals surface area (Å²) in [5.41, 5.74) is 0.0200. The number of aliphatic hydroxyl groups is 1. The molecule has 0 aromatic rings. The number of ether oxygens (including phenoxy) is 1. The molecule has 0 spiro atoms. The van der Waals surface area contributed by atoms with E-state index in [0.29, 0.717) is 5.57 Å². The minimum absolute atomic E-state index is 0.134. The fraction of sp³-hybridized carbons (Fsp3) is 0.733. The summed E-state index contributed by atoms with van der Waals surface area (Å²) in [7, 11) is 0. The number of nitrogens with zero attached hydrogens (tertiary/aromatic N) is 1. The summed E-state index contributed by atoms with van der Waals surface area (Å²) in [4.78, 5) is 26.0. The largest absolute Gasteiger partial charge is 0.444 e. The van der Waals surface area contributed by atoms with Gasteiger partial charge in [0.25, 0.3) is 0 Å². The van der Waals surface area contributed by atoms with Gasteiger partial charge in [-0.25, -0.2) is 4.79 Å². The Kier molecular flexibility index (Phi) is 4.18. The van der Waals surface area contributed by atoms with E-state index in [4.69, 9.17) is 9.84 Å². The number of ketones is 1. The van der Waals surface area contributed by atoms with Crippen LogP contribution in [0.3, 0.4) is 0 Å². The maximum atomic E-state index is 12.4. The van der Waals surface area contributed by atoms with Crippen molar-refractivity contribution in [2.45, 2.75) is 64.1 Å². The number of amides is 1. The van der Waals surface area contributed by atoms with Gasteiger partial charge in [-0.2, -0.15) is 0 Å². The second-order valence-electron chi connectivity index (χ2n) is 6.45. The van der Waals surface area contributed by atoms with Crippen molar-refractivity contribution in [2.24, 2.45) is 0 Å². The Hall–Kier alpha value is -1.36. The highest BCUT2D eigenvalue weighted by Crippen LogP contribution is 2.36. The summed E-state index contributed by atoms with van der Waals surface area (Å²) in [6, 6.07) is -0.105. The molecular formula is C15H23NO4. The van der Waals surface area contributed by atoms with Crippen molar-refractivity contribution in [2.75, 3.05) is 6.61 Å². The summed E-state index contributed by atoms with van der Waals surface area (Å²) in [5.74, 6) is -0.286. The quantitative estimate of drug-likeness (QED) is 0.841. The van der Waals surface area contributed by atoms with Crippen molar-refractivity contribution in [3.8, 4) is 0 Å². The Labute approximate surface area is 119 Å². The topological polar surface area (TPSA) is 66.8 Å². The van der Waals surface area contributed by atoms with Gasteiger partial charge in [0.15, 0.2) is 5.78 Å². The number of carbonyl (C=O) groups excluding carboxylic acids is 2. The van der Waals surface area contributed by atoms with Crippen molar-refractivity contribution in [1.29, 1.82) is 0 Å². The standard InChI is InChI=1S/C15H23NO4/c1-15(2,3)20-14(19)16-10-5-4-6-11(13(18)9-17)12(16)8-7-10/h6,10,12,17H,4-5,7-9H2,1-3H3/t10?,12-/m1/s1. The highest BCUT2D eigenvalue weighted by atomic mass is 16.6. The third-order valence-electron chi connectivity index (χ3n) is 3.80. The van der Waals surface area contributed by atoms with Crippen LogP contribution < -0.4 is 0 Å². The summed E-state index contributed by atoms with van der Waals surface area (Å²) in [5, 5.41) is 9.09. The highest BCUT2D eigenvalue weighted by Gasteiger charge is 2.43. The maximum absolute atomic E-state index is 12.4. The molecule has 0 radical (unpaired) electrons. The Morgan fingerprint density at radius 1 is 1.35 bits per heavy atom. The zero-order valence-corrected chi connectivity index (χ0v) is 12.4. The van der Waals surface area contributed by atoms with E-state index in [-0.39, 0.29) is 24.0 Å². The third kappa shape index (κ3) is 3.03. The first-order valence-electron chi connectivity index (χ1n) is 7.19. The minimum atomic E-state index is -0.548. The second kappa shape index (κ2) is 5.56. The van der Waals surface area contributed by atoms with Gasteiger partial charge in [0, 0.05) is 11.6 Å². The van der Waals surface area contributed by atoms with Crippen LogP contribution in [0.25, 0.3) is 0 Å². The zero-order valence-electron chi connectivity index (χ0n) is 12.4. The Morgan fingerprint density at radius 3 is 2.65 bits per heavy atom. The maximum Gasteiger partial charge on any atom is 0.411 e. The SMILES string of the molecule is CC(C)(C)OC(=O)N1C2CCC=C(C(=O)CO)[C@H]1CC2. The molecule has 0 aromatic heterocycles. The van der Waals surface area contributed by atoms with Crippen molar-refractivity contribution in [3.63, 3.8) is 0 Å². The summed E-state index contributed by atoms with van der Waals surface area (Å²) < 4.78 is 5.46. The molecule has 1 amide bonds. The molecule has 0 aliphatic carbocycles. The normalized spacial score (nSPS) is 26.0. The van der Waals surface area contributed by atoms with E-state index in [1.807, 2.05) is 26.8 Å². The molecule has 2 aliphatic rings. The Balaban J connectivity index is 2.23. The molecule has 5 nitrogen and oxygen atoms in total. The Bertz CT molecular complexity index is 436. The monoisotopic (exact) mass is 281 g/mol. The van der Waals surface area contributed by atoms with Crippen molar-refractivity contribution in [1.82, 2.24) is 4.90 Å². The van der Waals surface area contributed by atoms with Gasteiger partial charge in [-0.3, -0.25) is 9.69 Å². The smallest absolute Gasteiger partial charge is 0.411 e. The summed E-state index contributed by atoms with van der Waals surface area (Å²) >= 11 is 0. The van der Waals surface area contributed by atoms with Crippen LogP contribution in [0.1, 0.15) is 46.5 Å². The van der Waals surface area contributed by atoms with Crippen LogP contribution in [0.5, 0.6) is 0 Å². The molecule has 5 heteroatoms. The first-order chi connectivity index (χ1) is 9.33. The molecule has 0 aromatic carbocycles. The molecule has 2 aliphatic heterocycles. The van der Waals surface area contributed by atoms with Crippen molar-refractivity contribution in [3.05, 3.63) is 11.6 Å². The number of rotatable bonds is 2. The van der Waals surface area contributed by atoms with Gasteiger partial charge in [-0.1, -0.05) is 6.08 Å². The average molecular weight is 281 g/mol.